The molecule has 0 spiro atoms. The van der Waals surface area contributed by atoms with Gasteiger partial charge in [-0.2, -0.15) is 0 Å². The summed E-state index contributed by atoms with van der Waals surface area (Å²) in [6.07, 6.45) is 4.05. The molecule has 0 aliphatic heterocycles. The van der Waals surface area contributed by atoms with E-state index in [1.165, 1.54) is 17.7 Å². The summed E-state index contributed by atoms with van der Waals surface area (Å²) in [6, 6.07) is 10.0. The van der Waals surface area contributed by atoms with Crippen molar-refractivity contribution in [1.29, 1.82) is 0 Å². The van der Waals surface area contributed by atoms with Crippen molar-refractivity contribution in [1.82, 2.24) is 4.98 Å². The first-order valence-corrected chi connectivity index (χ1v) is 6.10. The van der Waals surface area contributed by atoms with Gasteiger partial charge in [-0.1, -0.05) is 19.4 Å². The predicted octanol–water partition coefficient (Wildman–Crippen LogP) is 3.75. The summed E-state index contributed by atoms with van der Waals surface area (Å²) in [5.41, 5.74) is 2.11. The zero-order valence-electron chi connectivity index (χ0n) is 10.4. The van der Waals surface area contributed by atoms with Crippen LogP contribution in [0.2, 0.25) is 0 Å². The summed E-state index contributed by atoms with van der Waals surface area (Å²) in [5, 5.41) is 0. The molecule has 3 heteroatoms. The van der Waals surface area contributed by atoms with E-state index >= 15 is 0 Å². The molecule has 2 aromatic rings. The van der Waals surface area contributed by atoms with Crippen molar-refractivity contribution in [2.24, 2.45) is 0 Å². The van der Waals surface area contributed by atoms with Crippen molar-refractivity contribution >= 4 is 0 Å². The zero-order valence-corrected chi connectivity index (χ0v) is 10.4. The first-order chi connectivity index (χ1) is 8.78. The van der Waals surface area contributed by atoms with E-state index in [9.17, 15) is 4.39 Å². The van der Waals surface area contributed by atoms with Crippen molar-refractivity contribution in [3.05, 3.63) is 59.7 Å². The average molecular weight is 245 g/mol. The average Bonchev–Trinajstić information content (AvgIpc) is 2.40. The minimum Gasteiger partial charge on any atom is -0.487 e. The van der Waals surface area contributed by atoms with Crippen LogP contribution in [0.3, 0.4) is 0 Å². The van der Waals surface area contributed by atoms with Crippen molar-refractivity contribution in [2.45, 2.75) is 26.4 Å². The Hall–Kier alpha value is -1.90. The fraction of sp³-hybridized carbons (Fsp3) is 0.267. The highest BCUT2D eigenvalue weighted by Gasteiger charge is 1.98. The largest absolute Gasteiger partial charge is 0.487 e. The third kappa shape index (κ3) is 3.55. The molecule has 0 aliphatic carbocycles. The van der Waals surface area contributed by atoms with E-state index in [1.807, 2.05) is 12.3 Å². The van der Waals surface area contributed by atoms with Gasteiger partial charge in [-0.15, -0.1) is 0 Å². The lowest BCUT2D eigenvalue weighted by atomic mass is 10.1. The van der Waals surface area contributed by atoms with Crippen LogP contribution in [0.5, 0.6) is 5.75 Å². The van der Waals surface area contributed by atoms with E-state index < -0.39 is 0 Å². The molecule has 0 amide bonds. The fourth-order valence-electron chi connectivity index (χ4n) is 1.67. The molecule has 94 valence electrons. The van der Waals surface area contributed by atoms with Crippen molar-refractivity contribution in [2.75, 3.05) is 0 Å². The van der Waals surface area contributed by atoms with E-state index in [0.717, 1.165) is 18.5 Å². The number of aromatic nitrogens is 1. The van der Waals surface area contributed by atoms with Crippen LogP contribution < -0.4 is 4.74 Å². The zero-order chi connectivity index (χ0) is 12.8. The van der Waals surface area contributed by atoms with Crippen molar-refractivity contribution < 1.29 is 9.13 Å². The van der Waals surface area contributed by atoms with E-state index in [4.69, 9.17) is 4.74 Å². The van der Waals surface area contributed by atoms with Crippen molar-refractivity contribution in [3.8, 4) is 5.75 Å². The molecule has 2 rings (SSSR count). The molecule has 1 aromatic heterocycles. The van der Waals surface area contributed by atoms with Gasteiger partial charge in [0.15, 0.2) is 0 Å². The van der Waals surface area contributed by atoms with Crippen LogP contribution in [0.1, 0.15) is 24.6 Å². The maximum atomic E-state index is 12.7. The molecule has 0 fully saturated rings. The van der Waals surface area contributed by atoms with E-state index in [1.54, 1.807) is 12.1 Å². The molecule has 0 N–H and O–H groups in total. The molecule has 1 heterocycles. The highest BCUT2D eigenvalue weighted by atomic mass is 19.1. The maximum Gasteiger partial charge on any atom is 0.130 e. The molecule has 18 heavy (non-hydrogen) atoms. The third-order valence-corrected chi connectivity index (χ3v) is 2.63. The number of hydrogen-bond acceptors (Lipinski definition) is 2. The Balaban J connectivity index is 1.91. The second-order valence-electron chi connectivity index (χ2n) is 4.15. The summed E-state index contributed by atoms with van der Waals surface area (Å²) in [5.74, 6) is 0.389. The second-order valence-corrected chi connectivity index (χ2v) is 4.15. The molecule has 0 saturated heterocycles. The quantitative estimate of drug-likeness (QED) is 0.800. The molecule has 1 aromatic carbocycles. The van der Waals surface area contributed by atoms with Gasteiger partial charge in [0.05, 0.1) is 5.69 Å². The lowest BCUT2D eigenvalue weighted by Gasteiger charge is -2.06. The molecule has 0 radical (unpaired) electrons. The van der Waals surface area contributed by atoms with Crippen LogP contribution in [0.25, 0.3) is 0 Å². The number of hydrogen-bond donors (Lipinski definition) is 0. The highest BCUT2D eigenvalue weighted by molar-refractivity contribution is 5.22. The van der Waals surface area contributed by atoms with Gasteiger partial charge in [0.2, 0.25) is 0 Å². The summed E-state index contributed by atoms with van der Waals surface area (Å²) >= 11 is 0. The summed E-state index contributed by atoms with van der Waals surface area (Å²) in [6.45, 7) is 2.55. The van der Waals surface area contributed by atoms with Crippen LogP contribution in [-0.4, -0.2) is 4.98 Å². The Morgan fingerprint density at radius 1 is 1.11 bits per heavy atom. The standard InChI is InChI=1S/C15H16FNO/c1-2-3-12-4-7-14(17-10-12)11-18-15-8-5-13(16)6-9-15/h4-10H,2-3,11H2,1H3. The number of rotatable bonds is 5. The first-order valence-electron chi connectivity index (χ1n) is 6.10. The summed E-state index contributed by atoms with van der Waals surface area (Å²) in [4.78, 5) is 4.33. The molecule has 0 aliphatic rings. The number of benzene rings is 1. The minimum absolute atomic E-state index is 0.260. The van der Waals surface area contributed by atoms with Gasteiger partial charge in [-0.3, -0.25) is 4.98 Å². The lowest BCUT2D eigenvalue weighted by molar-refractivity contribution is 0.301. The SMILES string of the molecule is CCCc1ccc(COc2ccc(F)cc2)nc1. The van der Waals surface area contributed by atoms with Gasteiger partial charge in [0.25, 0.3) is 0 Å². The molecular weight excluding hydrogens is 229 g/mol. The Morgan fingerprint density at radius 2 is 1.89 bits per heavy atom. The number of halogens is 1. The molecule has 0 saturated carbocycles. The van der Waals surface area contributed by atoms with Crippen molar-refractivity contribution in [3.63, 3.8) is 0 Å². The smallest absolute Gasteiger partial charge is 0.130 e. The molecule has 0 unspecified atom stereocenters. The van der Waals surface area contributed by atoms with Gasteiger partial charge < -0.3 is 4.74 Å². The summed E-state index contributed by atoms with van der Waals surface area (Å²) in [7, 11) is 0. The molecular formula is C15H16FNO. The van der Waals surface area contributed by atoms with Gasteiger partial charge >= 0.3 is 0 Å². The Morgan fingerprint density at radius 3 is 2.50 bits per heavy atom. The molecule has 0 bridgehead atoms. The van der Waals surface area contributed by atoms with E-state index in [0.29, 0.717) is 12.4 Å². The van der Waals surface area contributed by atoms with Crippen LogP contribution >= 0.6 is 0 Å². The molecule has 0 atom stereocenters. The first kappa shape index (κ1) is 12.6. The number of nitrogens with zero attached hydrogens (tertiary/aromatic N) is 1. The van der Waals surface area contributed by atoms with Crippen LogP contribution in [0, 0.1) is 5.82 Å². The Bertz CT molecular complexity index is 479. The number of ether oxygens (including phenoxy) is 1. The van der Waals surface area contributed by atoms with Gasteiger partial charge in [-0.25, -0.2) is 4.39 Å². The Labute approximate surface area is 106 Å². The third-order valence-electron chi connectivity index (χ3n) is 2.63. The van der Waals surface area contributed by atoms with E-state index in [2.05, 4.69) is 18.0 Å². The number of aryl methyl sites for hydroxylation is 1. The van der Waals surface area contributed by atoms with Gasteiger partial charge in [0, 0.05) is 6.20 Å². The predicted molar refractivity (Wildman–Crippen MR) is 69.0 cm³/mol. The van der Waals surface area contributed by atoms with Crippen LogP contribution in [0.15, 0.2) is 42.6 Å². The number of pyridine rings is 1. The molecule has 2 nitrogen and oxygen atoms in total. The van der Waals surface area contributed by atoms with Crippen LogP contribution in [-0.2, 0) is 13.0 Å². The van der Waals surface area contributed by atoms with Gasteiger partial charge in [-0.05, 0) is 42.3 Å². The second kappa shape index (κ2) is 6.15. The van der Waals surface area contributed by atoms with Crippen LogP contribution in [0.4, 0.5) is 4.39 Å². The Kier molecular flexibility index (Phi) is 4.29. The topological polar surface area (TPSA) is 22.1 Å². The maximum absolute atomic E-state index is 12.7. The van der Waals surface area contributed by atoms with E-state index in [-0.39, 0.29) is 5.82 Å². The summed E-state index contributed by atoms with van der Waals surface area (Å²) < 4.78 is 18.2. The minimum atomic E-state index is -0.260. The monoisotopic (exact) mass is 245 g/mol. The fourth-order valence-corrected chi connectivity index (χ4v) is 1.67. The van der Waals surface area contributed by atoms with Gasteiger partial charge in [0.1, 0.15) is 18.2 Å². The highest BCUT2D eigenvalue weighted by Crippen LogP contribution is 2.13. The lowest BCUT2D eigenvalue weighted by Crippen LogP contribution is -1.98. The normalized spacial score (nSPS) is 10.3.